The zero-order valence-electron chi connectivity index (χ0n) is 14.9. The van der Waals surface area contributed by atoms with Crippen LogP contribution in [0.3, 0.4) is 0 Å². The third kappa shape index (κ3) is 4.34. The number of carbonyl (C=O) groups excluding carboxylic acids is 1. The Bertz CT molecular complexity index is 792. The normalized spacial score (nSPS) is 12.5. The monoisotopic (exact) mass is 346 g/mol. The Labute approximate surface area is 145 Å². The SMILES string of the molecule is Cc1nnc([C@H](C)NC(=O)OC(C)(C)C)n1-c1ccccc1C(=O)O. The number of nitrogens with one attached hydrogen (secondary N) is 1. The van der Waals surface area contributed by atoms with Crippen LogP contribution in [-0.4, -0.2) is 37.5 Å². The van der Waals surface area contributed by atoms with Crippen molar-refractivity contribution in [2.24, 2.45) is 0 Å². The number of aromatic nitrogens is 3. The fraction of sp³-hybridized carbons (Fsp3) is 0.412. The van der Waals surface area contributed by atoms with Crippen LogP contribution < -0.4 is 5.32 Å². The van der Waals surface area contributed by atoms with E-state index in [1.54, 1.807) is 57.4 Å². The lowest BCUT2D eigenvalue weighted by atomic mass is 10.1. The number of nitrogens with zero attached hydrogens (tertiary/aromatic N) is 3. The maximum absolute atomic E-state index is 12.0. The standard InChI is InChI=1S/C17H22N4O4/c1-10(18-16(24)25-17(3,4)5)14-20-19-11(2)21(14)13-9-7-6-8-12(13)15(22)23/h6-10H,1-5H3,(H,18,24)(H,22,23)/t10-/m0/s1. The summed E-state index contributed by atoms with van der Waals surface area (Å²) in [6.07, 6.45) is -0.585. The number of carbonyl (C=O) groups is 2. The van der Waals surface area contributed by atoms with Crippen LogP contribution in [0.4, 0.5) is 4.79 Å². The molecule has 0 unspecified atom stereocenters. The van der Waals surface area contributed by atoms with Crippen LogP contribution in [0.2, 0.25) is 0 Å². The highest BCUT2D eigenvalue weighted by Gasteiger charge is 2.24. The van der Waals surface area contributed by atoms with Crippen molar-refractivity contribution in [3.05, 3.63) is 41.5 Å². The number of benzene rings is 1. The van der Waals surface area contributed by atoms with Crippen LogP contribution in [-0.2, 0) is 4.74 Å². The maximum atomic E-state index is 12.0. The molecular formula is C17H22N4O4. The van der Waals surface area contributed by atoms with E-state index in [1.165, 1.54) is 6.07 Å². The molecule has 0 bridgehead atoms. The highest BCUT2D eigenvalue weighted by atomic mass is 16.6. The van der Waals surface area contributed by atoms with Gasteiger partial charge in [-0.05, 0) is 46.8 Å². The van der Waals surface area contributed by atoms with Gasteiger partial charge in [-0.15, -0.1) is 10.2 Å². The minimum absolute atomic E-state index is 0.121. The molecule has 2 N–H and O–H groups in total. The Balaban J connectivity index is 2.37. The van der Waals surface area contributed by atoms with Gasteiger partial charge in [-0.1, -0.05) is 12.1 Å². The zero-order valence-corrected chi connectivity index (χ0v) is 14.9. The van der Waals surface area contributed by atoms with Crippen molar-refractivity contribution < 1.29 is 19.4 Å². The minimum Gasteiger partial charge on any atom is -0.478 e. The van der Waals surface area contributed by atoms with E-state index in [0.29, 0.717) is 17.3 Å². The number of carboxylic acids is 1. The van der Waals surface area contributed by atoms with E-state index in [-0.39, 0.29) is 5.56 Å². The summed E-state index contributed by atoms with van der Waals surface area (Å²) in [6, 6.07) is 6.03. The second-order valence-corrected chi connectivity index (χ2v) is 6.63. The number of carboxylic acid groups (broad SMARTS) is 1. The average molecular weight is 346 g/mol. The van der Waals surface area contributed by atoms with Crippen molar-refractivity contribution in [3.8, 4) is 5.69 Å². The molecule has 2 rings (SSSR count). The highest BCUT2D eigenvalue weighted by molar-refractivity contribution is 5.92. The predicted molar refractivity (Wildman–Crippen MR) is 90.8 cm³/mol. The van der Waals surface area contributed by atoms with Gasteiger partial charge in [-0.3, -0.25) is 4.57 Å². The quantitative estimate of drug-likeness (QED) is 0.881. The van der Waals surface area contributed by atoms with Gasteiger partial charge in [-0.2, -0.15) is 0 Å². The second-order valence-electron chi connectivity index (χ2n) is 6.63. The lowest BCUT2D eigenvalue weighted by Crippen LogP contribution is -2.35. The molecule has 0 saturated heterocycles. The first-order valence-electron chi connectivity index (χ1n) is 7.84. The number of rotatable bonds is 4. The van der Waals surface area contributed by atoms with Gasteiger partial charge in [-0.25, -0.2) is 9.59 Å². The van der Waals surface area contributed by atoms with Crippen LogP contribution in [0, 0.1) is 6.92 Å². The molecule has 1 aromatic heterocycles. The van der Waals surface area contributed by atoms with Gasteiger partial charge >= 0.3 is 12.1 Å². The first-order chi connectivity index (χ1) is 11.6. The molecule has 0 saturated carbocycles. The van der Waals surface area contributed by atoms with Crippen molar-refractivity contribution >= 4 is 12.1 Å². The first kappa shape index (κ1) is 18.4. The summed E-state index contributed by atoms with van der Waals surface area (Å²) in [7, 11) is 0. The molecule has 0 radical (unpaired) electrons. The Morgan fingerprint density at radius 2 is 1.88 bits per heavy atom. The van der Waals surface area contributed by atoms with Gasteiger partial charge in [0.2, 0.25) is 0 Å². The van der Waals surface area contributed by atoms with Crippen molar-refractivity contribution in [2.75, 3.05) is 0 Å². The number of hydrogen-bond donors (Lipinski definition) is 2. The first-order valence-corrected chi connectivity index (χ1v) is 7.84. The maximum Gasteiger partial charge on any atom is 0.408 e. The number of alkyl carbamates (subject to hydrolysis) is 1. The lowest BCUT2D eigenvalue weighted by molar-refractivity contribution is 0.0504. The molecule has 25 heavy (non-hydrogen) atoms. The van der Waals surface area contributed by atoms with E-state index < -0.39 is 23.7 Å². The average Bonchev–Trinajstić information content (AvgIpc) is 2.86. The van der Waals surface area contributed by atoms with Crippen molar-refractivity contribution in [3.63, 3.8) is 0 Å². The molecule has 0 aliphatic rings. The van der Waals surface area contributed by atoms with E-state index in [1.807, 2.05) is 0 Å². The summed E-state index contributed by atoms with van der Waals surface area (Å²) >= 11 is 0. The van der Waals surface area contributed by atoms with Gasteiger partial charge < -0.3 is 15.2 Å². The number of aromatic carboxylic acids is 1. The van der Waals surface area contributed by atoms with Crippen LogP contribution in [0.5, 0.6) is 0 Å². The fourth-order valence-corrected chi connectivity index (χ4v) is 2.36. The summed E-state index contributed by atoms with van der Waals surface area (Å²) in [5.74, 6) is -0.124. The Hall–Kier alpha value is -2.90. The zero-order chi connectivity index (χ0) is 18.8. The van der Waals surface area contributed by atoms with Gasteiger partial charge in [0, 0.05) is 0 Å². The summed E-state index contributed by atoms with van der Waals surface area (Å²) < 4.78 is 6.86. The van der Waals surface area contributed by atoms with Crippen LogP contribution >= 0.6 is 0 Å². The summed E-state index contributed by atoms with van der Waals surface area (Å²) in [5.41, 5.74) is -0.0648. The Morgan fingerprint density at radius 3 is 2.48 bits per heavy atom. The van der Waals surface area contributed by atoms with Crippen molar-refractivity contribution in [1.29, 1.82) is 0 Å². The van der Waals surface area contributed by atoms with Gasteiger partial charge in [0.1, 0.15) is 11.4 Å². The summed E-state index contributed by atoms with van der Waals surface area (Å²) in [4.78, 5) is 23.5. The van der Waals surface area contributed by atoms with E-state index in [4.69, 9.17) is 4.74 Å². The van der Waals surface area contributed by atoms with Gasteiger partial charge in [0.15, 0.2) is 5.82 Å². The molecule has 1 aromatic carbocycles. The number of aryl methyl sites for hydroxylation is 1. The number of para-hydroxylation sites is 1. The predicted octanol–water partition coefficient (Wildman–Crippen LogP) is 2.86. The molecule has 0 aliphatic carbocycles. The van der Waals surface area contributed by atoms with Gasteiger partial charge in [0.05, 0.1) is 17.3 Å². The van der Waals surface area contributed by atoms with Crippen LogP contribution in [0.1, 0.15) is 55.7 Å². The molecule has 2 aromatic rings. The fourth-order valence-electron chi connectivity index (χ4n) is 2.36. The van der Waals surface area contributed by atoms with Gasteiger partial charge in [0.25, 0.3) is 0 Å². The molecule has 8 nitrogen and oxygen atoms in total. The number of hydrogen-bond acceptors (Lipinski definition) is 5. The molecule has 0 spiro atoms. The topological polar surface area (TPSA) is 106 Å². The van der Waals surface area contributed by atoms with E-state index in [2.05, 4.69) is 15.5 Å². The van der Waals surface area contributed by atoms with E-state index in [9.17, 15) is 14.7 Å². The van der Waals surface area contributed by atoms with Crippen LogP contribution in [0.25, 0.3) is 5.69 Å². The number of ether oxygens (including phenoxy) is 1. The highest BCUT2D eigenvalue weighted by Crippen LogP contribution is 2.22. The Kier molecular flexibility index (Phi) is 5.10. The van der Waals surface area contributed by atoms with Crippen LogP contribution in [0.15, 0.2) is 24.3 Å². The third-order valence-corrected chi connectivity index (χ3v) is 3.35. The largest absolute Gasteiger partial charge is 0.478 e. The second kappa shape index (κ2) is 6.92. The minimum atomic E-state index is -1.05. The third-order valence-electron chi connectivity index (χ3n) is 3.35. The Morgan fingerprint density at radius 1 is 1.24 bits per heavy atom. The lowest BCUT2D eigenvalue weighted by Gasteiger charge is -2.22. The molecule has 0 fully saturated rings. The molecule has 1 atom stereocenters. The van der Waals surface area contributed by atoms with E-state index in [0.717, 1.165) is 0 Å². The molecule has 8 heteroatoms. The molecule has 1 heterocycles. The smallest absolute Gasteiger partial charge is 0.408 e. The van der Waals surface area contributed by atoms with Crippen molar-refractivity contribution in [2.45, 2.75) is 46.3 Å². The summed E-state index contributed by atoms with van der Waals surface area (Å²) in [6.45, 7) is 8.76. The number of amides is 1. The molecule has 134 valence electrons. The molecular weight excluding hydrogens is 324 g/mol. The molecule has 1 amide bonds. The van der Waals surface area contributed by atoms with Crippen molar-refractivity contribution in [1.82, 2.24) is 20.1 Å². The van der Waals surface area contributed by atoms with E-state index >= 15 is 0 Å². The summed E-state index contributed by atoms with van der Waals surface area (Å²) in [5, 5.41) is 20.2. The molecule has 0 aliphatic heterocycles.